The van der Waals surface area contributed by atoms with Crippen LogP contribution < -0.4 is 0 Å². The summed E-state index contributed by atoms with van der Waals surface area (Å²) in [4.78, 5) is 0. The summed E-state index contributed by atoms with van der Waals surface area (Å²) in [6, 6.07) is 6.80. The first kappa shape index (κ1) is 11.0. The Hall–Kier alpha value is -1.03. The molecule has 0 heterocycles. The third-order valence-corrected chi connectivity index (χ3v) is 3.13. The summed E-state index contributed by atoms with van der Waals surface area (Å²) in [5.41, 5.74) is 0.679. The third-order valence-electron chi connectivity index (χ3n) is 2.02. The first-order chi connectivity index (χ1) is 6.40. The van der Waals surface area contributed by atoms with E-state index in [0.29, 0.717) is 5.56 Å². The number of hydrogen-bond acceptors (Lipinski definition) is 3. The van der Waals surface area contributed by atoms with Gasteiger partial charge in [-0.1, -0.05) is 25.1 Å². The van der Waals surface area contributed by atoms with Gasteiger partial charge in [0.2, 0.25) is 0 Å². The van der Waals surface area contributed by atoms with Gasteiger partial charge >= 0.3 is 0 Å². The second-order valence-electron chi connectivity index (χ2n) is 3.55. The van der Waals surface area contributed by atoms with Crippen LogP contribution in [0.2, 0.25) is 0 Å². The molecule has 0 aliphatic carbocycles. The first-order valence-electron chi connectivity index (χ1n) is 4.36. The van der Waals surface area contributed by atoms with E-state index in [-0.39, 0.29) is 17.4 Å². The Morgan fingerprint density at radius 1 is 1.36 bits per heavy atom. The molecule has 0 aromatic heterocycles. The largest absolute Gasteiger partial charge is 0.508 e. The lowest BCUT2D eigenvalue weighted by molar-refractivity contribution is 0.465. The third kappa shape index (κ3) is 3.03. The number of phenols is 1. The van der Waals surface area contributed by atoms with Gasteiger partial charge in [0.1, 0.15) is 15.6 Å². The second kappa shape index (κ2) is 4.00. The van der Waals surface area contributed by atoms with Gasteiger partial charge in [-0.3, -0.25) is 0 Å². The molecule has 0 fully saturated rings. The Morgan fingerprint density at radius 2 is 1.93 bits per heavy atom. The van der Waals surface area contributed by atoms with E-state index in [9.17, 15) is 13.5 Å². The molecule has 0 aliphatic rings. The molecule has 1 N–H and O–H groups in total. The molecule has 0 spiro atoms. The normalized spacial score (nSPS) is 13.9. The smallest absolute Gasteiger partial charge is 0.148 e. The fraction of sp³-hybridized carbons (Fsp3) is 0.400. The molecule has 0 bridgehead atoms. The monoisotopic (exact) mass is 214 g/mol. The summed E-state index contributed by atoms with van der Waals surface area (Å²) in [7, 11) is -3.00. The number of rotatable bonds is 3. The maximum absolute atomic E-state index is 11.0. The highest BCUT2D eigenvalue weighted by molar-refractivity contribution is 7.90. The molecule has 78 valence electrons. The van der Waals surface area contributed by atoms with E-state index in [4.69, 9.17) is 0 Å². The van der Waals surface area contributed by atoms with Crippen molar-refractivity contribution in [3.8, 4) is 5.75 Å². The number of sulfone groups is 1. The van der Waals surface area contributed by atoms with E-state index in [1.54, 1.807) is 31.2 Å². The van der Waals surface area contributed by atoms with Crippen LogP contribution in [0.4, 0.5) is 0 Å². The fourth-order valence-corrected chi connectivity index (χ4v) is 2.54. The van der Waals surface area contributed by atoms with Crippen LogP contribution in [0.15, 0.2) is 24.3 Å². The summed E-state index contributed by atoms with van der Waals surface area (Å²) in [6.07, 6.45) is 1.20. The van der Waals surface area contributed by atoms with Gasteiger partial charge in [-0.15, -0.1) is 0 Å². The van der Waals surface area contributed by atoms with Gasteiger partial charge in [-0.2, -0.15) is 0 Å². The van der Waals surface area contributed by atoms with E-state index in [0.717, 1.165) is 0 Å². The Kier molecular flexibility index (Phi) is 3.16. The highest BCUT2D eigenvalue weighted by Gasteiger charge is 2.14. The van der Waals surface area contributed by atoms with Crippen molar-refractivity contribution in [2.24, 2.45) is 0 Å². The molecule has 0 saturated carbocycles. The molecular formula is C10H14O3S. The lowest BCUT2D eigenvalue weighted by Crippen LogP contribution is -2.10. The number of para-hydroxylation sites is 1. The van der Waals surface area contributed by atoms with Crippen LogP contribution in [0.3, 0.4) is 0 Å². The van der Waals surface area contributed by atoms with E-state index < -0.39 is 9.84 Å². The second-order valence-corrected chi connectivity index (χ2v) is 5.74. The Morgan fingerprint density at radius 3 is 2.43 bits per heavy atom. The lowest BCUT2D eigenvalue weighted by Gasteiger charge is -2.11. The molecule has 1 aromatic rings. The summed E-state index contributed by atoms with van der Waals surface area (Å²) >= 11 is 0. The van der Waals surface area contributed by atoms with E-state index >= 15 is 0 Å². The summed E-state index contributed by atoms with van der Waals surface area (Å²) in [6.45, 7) is 1.79. The molecular weight excluding hydrogens is 200 g/mol. The predicted molar refractivity (Wildman–Crippen MR) is 56.2 cm³/mol. The Balaban J connectivity index is 2.90. The van der Waals surface area contributed by atoms with E-state index in [1.807, 2.05) is 0 Å². The topological polar surface area (TPSA) is 54.4 Å². The van der Waals surface area contributed by atoms with Crippen molar-refractivity contribution in [3.05, 3.63) is 29.8 Å². The maximum Gasteiger partial charge on any atom is 0.148 e. The Labute approximate surface area is 84.3 Å². The van der Waals surface area contributed by atoms with Crippen LogP contribution in [-0.4, -0.2) is 25.5 Å². The van der Waals surface area contributed by atoms with E-state index in [1.165, 1.54) is 6.26 Å². The zero-order valence-electron chi connectivity index (χ0n) is 8.27. The van der Waals surface area contributed by atoms with Gasteiger partial charge < -0.3 is 5.11 Å². The quantitative estimate of drug-likeness (QED) is 0.830. The minimum absolute atomic E-state index is 0.0601. The minimum Gasteiger partial charge on any atom is -0.508 e. The molecule has 0 amide bonds. The lowest BCUT2D eigenvalue weighted by atomic mass is 10.0. The number of benzene rings is 1. The van der Waals surface area contributed by atoms with Crippen molar-refractivity contribution < 1.29 is 13.5 Å². The van der Waals surface area contributed by atoms with Gasteiger partial charge in [0.05, 0.1) is 5.75 Å². The molecule has 0 radical (unpaired) electrons. The zero-order chi connectivity index (χ0) is 10.8. The molecule has 1 atom stereocenters. The summed E-state index contributed by atoms with van der Waals surface area (Å²) < 4.78 is 22.1. The van der Waals surface area contributed by atoms with Crippen LogP contribution in [0, 0.1) is 0 Å². The molecule has 3 nitrogen and oxygen atoms in total. The van der Waals surface area contributed by atoms with Crippen molar-refractivity contribution in [2.45, 2.75) is 12.8 Å². The highest BCUT2D eigenvalue weighted by Crippen LogP contribution is 2.25. The van der Waals surface area contributed by atoms with Gasteiger partial charge in [-0.05, 0) is 17.5 Å². The number of phenolic OH excluding ortho intramolecular Hbond substituents is 1. The molecule has 1 rings (SSSR count). The molecule has 14 heavy (non-hydrogen) atoms. The van der Waals surface area contributed by atoms with Crippen LogP contribution in [0.25, 0.3) is 0 Å². The van der Waals surface area contributed by atoms with Crippen LogP contribution in [0.5, 0.6) is 5.75 Å². The van der Waals surface area contributed by atoms with Crippen LogP contribution >= 0.6 is 0 Å². The van der Waals surface area contributed by atoms with Gasteiger partial charge in [0, 0.05) is 6.26 Å². The minimum atomic E-state index is -3.00. The molecule has 4 heteroatoms. The molecule has 1 unspecified atom stereocenters. The summed E-state index contributed by atoms with van der Waals surface area (Å²) in [5.74, 6) is 0.0414. The first-order valence-corrected chi connectivity index (χ1v) is 6.42. The number of aromatic hydroxyl groups is 1. The van der Waals surface area contributed by atoms with E-state index in [2.05, 4.69) is 0 Å². The van der Waals surface area contributed by atoms with Crippen molar-refractivity contribution in [2.75, 3.05) is 12.0 Å². The molecule has 1 aromatic carbocycles. The fourth-order valence-electron chi connectivity index (χ4n) is 1.45. The Bertz CT molecular complexity index is 409. The SMILES string of the molecule is CC(CS(C)(=O)=O)c1ccccc1O. The average molecular weight is 214 g/mol. The van der Waals surface area contributed by atoms with Crippen molar-refractivity contribution in [1.29, 1.82) is 0 Å². The van der Waals surface area contributed by atoms with Crippen molar-refractivity contribution >= 4 is 9.84 Å². The summed E-state index contributed by atoms with van der Waals surface area (Å²) in [5, 5.41) is 9.48. The van der Waals surface area contributed by atoms with Crippen molar-refractivity contribution in [3.63, 3.8) is 0 Å². The van der Waals surface area contributed by atoms with Gasteiger partial charge in [0.15, 0.2) is 0 Å². The van der Waals surface area contributed by atoms with Crippen molar-refractivity contribution in [1.82, 2.24) is 0 Å². The molecule has 0 saturated heterocycles. The van der Waals surface area contributed by atoms with Gasteiger partial charge in [0.25, 0.3) is 0 Å². The van der Waals surface area contributed by atoms with Crippen LogP contribution in [0.1, 0.15) is 18.4 Å². The molecule has 0 aliphatic heterocycles. The maximum atomic E-state index is 11.0. The van der Waals surface area contributed by atoms with Gasteiger partial charge in [-0.25, -0.2) is 8.42 Å². The van der Waals surface area contributed by atoms with Crippen LogP contribution in [-0.2, 0) is 9.84 Å². The standard InChI is InChI=1S/C10H14O3S/c1-8(7-14(2,12)13)9-5-3-4-6-10(9)11/h3-6,8,11H,7H2,1-2H3. The zero-order valence-corrected chi connectivity index (χ0v) is 9.08. The predicted octanol–water partition coefficient (Wildman–Crippen LogP) is 1.54. The average Bonchev–Trinajstić information content (AvgIpc) is 2.01. The number of hydrogen-bond donors (Lipinski definition) is 1. The highest BCUT2D eigenvalue weighted by atomic mass is 32.2.